The summed E-state index contributed by atoms with van der Waals surface area (Å²) in [6.45, 7) is -0.981. The second kappa shape index (κ2) is 4.91. The molecule has 0 spiro atoms. The third kappa shape index (κ3) is 2.40. The highest BCUT2D eigenvalue weighted by Crippen LogP contribution is 2.43. The van der Waals surface area contributed by atoms with Gasteiger partial charge in [-0.05, 0) is 12.1 Å². The summed E-state index contributed by atoms with van der Waals surface area (Å²) < 4.78 is 42.3. The van der Waals surface area contributed by atoms with Crippen molar-refractivity contribution < 1.29 is 27.8 Å². The van der Waals surface area contributed by atoms with E-state index in [9.17, 15) is 13.6 Å². The third-order valence-corrected chi connectivity index (χ3v) is 2.83. The molecule has 0 bridgehead atoms. The number of amides is 1. The van der Waals surface area contributed by atoms with Crippen LogP contribution in [0.2, 0.25) is 0 Å². The third-order valence-electron chi connectivity index (χ3n) is 2.83. The van der Waals surface area contributed by atoms with Crippen molar-refractivity contribution in [2.75, 3.05) is 20.8 Å². The Morgan fingerprint density at radius 1 is 1.32 bits per heavy atom. The van der Waals surface area contributed by atoms with E-state index in [4.69, 9.17) is 9.47 Å². The molecule has 1 fully saturated rings. The van der Waals surface area contributed by atoms with Crippen molar-refractivity contribution in [3.8, 4) is 11.5 Å². The fourth-order valence-electron chi connectivity index (χ4n) is 1.96. The van der Waals surface area contributed by atoms with Crippen LogP contribution in [-0.4, -0.2) is 32.8 Å². The lowest BCUT2D eigenvalue weighted by atomic mass is 9.98. The smallest absolute Gasteiger partial charge is 0.408 e. The summed E-state index contributed by atoms with van der Waals surface area (Å²) in [4.78, 5) is 11.2. The molecule has 0 radical (unpaired) electrons. The maximum Gasteiger partial charge on any atom is 0.408 e. The summed E-state index contributed by atoms with van der Waals surface area (Å²) in [6, 6.07) is 3.10. The number of carbonyl (C=O) groups is 1. The summed E-state index contributed by atoms with van der Waals surface area (Å²) in [5.74, 6) is -2.83. The summed E-state index contributed by atoms with van der Waals surface area (Å²) in [5, 5.41) is 2.10. The van der Waals surface area contributed by atoms with Gasteiger partial charge < -0.3 is 19.5 Å². The molecule has 0 unspecified atom stereocenters. The predicted molar refractivity (Wildman–Crippen MR) is 61.7 cm³/mol. The maximum absolute atomic E-state index is 13.9. The number of carbonyl (C=O) groups excluding carboxylic acids is 1. The first kappa shape index (κ1) is 13.4. The van der Waals surface area contributed by atoms with Crippen LogP contribution in [0.5, 0.6) is 11.5 Å². The highest BCUT2D eigenvalue weighted by molar-refractivity contribution is 5.70. The van der Waals surface area contributed by atoms with E-state index in [2.05, 4.69) is 10.1 Å². The standard InChI is InChI=1S/C12H13F2NO4/c1-17-7-4-3-5-8(18-2)9(7)10-12(13,14)6-19-11(16)15-10/h3-5,10H,6H2,1-2H3,(H,15,16)/t10-/m0/s1. The molecular weight excluding hydrogens is 260 g/mol. The number of halogens is 2. The van der Waals surface area contributed by atoms with Crippen LogP contribution in [-0.2, 0) is 4.74 Å². The van der Waals surface area contributed by atoms with Crippen molar-refractivity contribution in [2.24, 2.45) is 0 Å². The van der Waals surface area contributed by atoms with Crippen molar-refractivity contribution in [1.82, 2.24) is 5.32 Å². The van der Waals surface area contributed by atoms with E-state index in [0.717, 1.165) is 0 Å². The highest BCUT2D eigenvalue weighted by Gasteiger charge is 2.49. The number of hydrogen-bond donors (Lipinski definition) is 1. The van der Waals surface area contributed by atoms with E-state index in [1.54, 1.807) is 6.07 Å². The van der Waals surface area contributed by atoms with Gasteiger partial charge in [0.2, 0.25) is 0 Å². The van der Waals surface area contributed by atoms with Gasteiger partial charge in [0.05, 0.1) is 19.8 Å². The van der Waals surface area contributed by atoms with Gasteiger partial charge in [-0.2, -0.15) is 0 Å². The zero-order chi connectivity index (χ0) is 14.0. The molecule has 0 aromatic heterocycles. The van der Waals surface area contributed by atoms with Crippen molar-refractivity contribution in [3.05, 3.63) is 23.8 Å². The average Bonchev–Trinajstić information content (AvgIpc) is 2.40. The maximum atomic E-state index is 13.9. The lowest BCUT2D eigenvalue weighted by Crippen LogP contribution is -2.49. The molecule has 0 aliphatic carbocycles. The Labute approximate surface area is 108 Å². The minimum atomic E-state index is -3.25. The molecule has 5 nitrogen and oxygen atoms in total. The summed E-state index contributed by atoms with van der Waals surface area (Å²) in [5.41, 5.74) is 0.0918. The number of nitrogens with one attached hydrogen (secondary N) is 1. The number of alkyl halides is 2. The van der Waals surface area contributed by atoms with Gasteiger partial charge >= 0.3 is 12.0 Å². The molecular formula is C12H13F2NO4. The summed E-state index contributed by atoms with van der Waals surface area (Å²) in [7, 11) is 2.72. The van der Waals surface area contributed by atoms with Gasteiger partial charge in [-0.3, -0.25) is 0 Å². The molecule has 0 saturated carbocycles. The molecule has 2 rings (SSSR count). The molecule has 104 valence electrons. The van der Waals surface area contributed by atoms with Crippen molar-refractivity contribution in [3.63, 3.8) is 0 Å². The minimum Gasteiger partial charge on any atom is -0.496 e. The van der Waals surface area contributed by atoms with Gasteiger partial charge in [0.15, 0.2) is 6.61 Å². The number of methoxy groups -OCH3 is 2. The Kier molecular flexibility index (Phi) is 3.46. The molecule has 1 heterocycles. The first-order valence-corrected chi connectivity index (χ1v) is 5.51. The molecule has 1 amide bonds. The quantitative estimate of drug-likeness (QED) is 0.916. The van der Waals surface area contributed by atoms with Crippen LogP contribution in [0.25, 0.3) is 0 Å². The van der Waals surface area contributed by atoms with E-state index in [-0.39, 0.29) is 17.1 Å². The number of ether oxygens (including phenoxy) is 3. The monoisotopic (exact) mass is 273 g/mol. The lowest BCUT2D eigenvalue weighted by molar-refractivity contribution is -0.105. The van der Waals surface area contributed by atoms with E-state index >= 15 is 0 Å². The number of hydrogen-bond acceptors (Lipinski definition) is 4. The van der Waals surface area contributed by atoms with Crippen molar-refractivity contribution >= 4 is 6.09 Å². The van der Waals surface area contributed by atoms with Gasteiger partial charge in [-0.1, -0.05) is 6.07 Å². The van der Waals surface area contributed by atoms with E-state index < -0.39 is 24.7 Å². The first-order valence-electron chi connectivity index (χ1n) is 5.51. The summed E-state index contributed by atoms with van der Waals surface area (Å²) >= 11 is 0. The zero-order valence-electron chi connectivity index (χ0n) is 10.4. The van der Waals surface area contributed by atoms with Gasteiger partial charge in [-0.25, -0.2) is 13.6 Å². The Hall–Kier alpha value is -2.05. The Morgan fingerprint density at radius 2 is 1.89 bits per heavy atom. The molecule has 1 aliphatic heterocycles. The molecule has 1 aromatic carbocycles. The first-order chi connectivity index (χ1) is 8.99. The largest absolute Gasteiger partial charge is 0.496 e. The number of benzene rings is 1. The topological polar surface area (TPSA) is 56.8 Å². The number of alkyl carbamates (subject to hydrolysis) is 1. The fraction of sp³-hybridized carbons (Fsp3) is 0.417. The van der Waals surface area contributed by atoms with Crippen LogP contribution in [0.4, 0.5) is 13.6 Å². The predicted octanol–water partition coefficient (Wildman–Crippen LogP) is 2.12. The van der Waals surface area contributed by atoms with Crippen LogP contribution in [0.1, 0.15) is 11.6 Å². The molecule has 7 heteroatoms. The Bertz CT molecular complexity index is 470. The van der Waals surface area contributed by atoms with Crippen molar-refractivity contribution in [2.45, 2.75) is 12.0 Å². The molecule has 1 aliphatic rings. The highest BCUT2D eigenvalue weighted by atomic mass is 19.3. The SMILES string of the molecule is COc1cccc(OC)c1[C@@H]1NC(=O)OCC1(F)F. The molecule has 1 N–H and O–H groups in total. The minimum absolute atomic E-state index is 0.0918. The lowest BCUT2D eigenvalue weighted by Gasteiger charge is -2.33. The summed E-state index contributed by atoms with van der Waals surface area (Å²) in [6.07, 6.45) is -0.899. The molecule has 1 saturated heterocycles. The number of rotatable bonds is 3. The van der Waals surface area contributed by atoms with Gasteiger partial charge in [0.1, 0.15) is 17.5 Å². The number of cyclic esters (lactones) is 1. The molecule has 19 heavy (non-hydrogen) atoms. The fourth-order valence-corrected chi connectivity index (χ4v) is 1.96. The second-order valence-corrected chi connectivity index (χ2v) is 3.99. The van der Waals surface area contributed by atoms with Crippen LogP contribution < -0.4 is 14.8 Å². The van der Waals surface area contributed by atoms with Crippen LogP contribution in [0, 0.1) is 0 Å². The Balaban J connectivity index is 2.52. The van der Waals surface area contributed by atoms with E-state index in [0.29, 0.717) is 0 Å². The van der Waals surface area contributed by atoms with Gasteiger partial charge in [-0.15, -0.1) is 0 Å². The van der Waals surface area contributed by atoms with Crippen molar-refractivity contribution in [1.29, 1.82) is 0 Å². The van der Waals surface area contributed by atoms with E-state index in [1.807, 2.05) is 0 Å². The van der Waals surface area contributed by atoms with Crippen LogP contribution in [0.3, 0.4) is 0 Å². The van der Waals surface area contributed by atoms with Gasteiger partial charge in [0.25, 0.3) is 0 Å². The van der Waals surface area contributed by atoms with E-state index in [1.165, 1.54) is 26.4 Å². The Morgan fingerprint density at radius 3 is 2.42 bits per heavy atom. The van der Waals surface area contributed by atoms with Gasteiger partial charge in [0, 0.05) is 0 Å². The molecule has 1 atom stereocenters. The second-order valence-electron chi connectivity index (χ2n) is 3.99. The molecule has 1 aromatic rings. The van der Waals surface area contributed by atoms with Crippen LogP contribution >= 0.6 is 0 Å². The van der Waals surface area contributed by atoms with Crippen LogP contribution in [0.15, 0.2) is 18.2 Å². The average molecular weight is 273 g/mol. The normalized spacial score (nSPS) is 21.3. The zero-order valence-corrected chi connectivity index (χ0v) is 10.4.